The highest BCUT2D eigenvalue weighted by Gasteiger charge is 2.23. The fourth-order valence-corrected chi connectivity index (χ4v) is 3.75. The van der Waals surface area contributed by atoms with Crippen molar-refractivity contribution in [3.63, 3.8) is 0 Å². The number of likely N-dealkylation sites (tertiary alicyclic amines) is 1. The number of aromatic nitrogens is 1. The van der Waals surface area contributed by atoms with Gasteiger partial charge < -0.3 is 10.2 Å². The zero-order valence-corrected chi connectivity index (χ0v) is 14.4. The average molecular weight is 309 g/mol. The molecule has 1 aliphatic rings. The van der Waals surface area contributed by atoms with Gasteiger partial charge >= 0.3 is 0 Å². The second-order valence-electron chi connectivity index (χ2n) is 6.53. The Morgan fingerprint density at radius 2 is 2.24 bits per heavy atom. The first kappa shape index (κ1) is 16.4. The predicted octanol–water partition coefficient (Wildman–Crippen LogP) is 3.12. The zero-order valence-electron chi connectivity index (χ0n) is 13.6. The molecule has 4 nitrogen and oxygen atoms in total. The van der Waals surface area contributed by atoms with E-state index in [-0.39, 0.29) is 5.91 Å². The quantitative estimate of drug-likeness (QED) is 0.909. The normalized spacial score (nSPS) is 20.2. The minimum atomic E-state index is 0.0443. The molecule has 1 atom stereocenters. The van der Waals surface area contributed by atoms with Crippen molar-refractivity contribution in [1.29, 1.82) is 0 Å². The number of hydrogen-bond acceptors (Lipinski definition) is 4. The van der Waals surface area contributed by atoms with Crippen LogP contribution in [0.1, 0.15) is 61.8 Å². The van der Waals surface area contributed by atoms with Crippen molar-refractivity contribution in [1.82, 2.24) is 15.2 Å². The van der Waals surface area contributed by atoms with E-state index in [0.29, 0.717) is 17.9 Å². The van der Waals surface area contributed by atoms with E-state index >= 15 is 0 Å². The number of piperidine rings is 1. The second-order valence-corrected chi connectivity index (χ2v) is 7.38. The van der Waals surface area contributed by atoms with Crippen LogP contribution >= 0.6 is 11.3 Å². The lowest BCUT2D eigenvalue weighted by atomic mass is 9.97. The number of nitrogens with one attached hydrogen (secondary N) is 1. The van der Waals surface area contributed by atoms with E-state index in [1.807, 2.05) is 0 Å². The summed E-state index contributed by atoms with van der Waals surface area (Å²) in [5, 5.41) is 3.11. The second kappa shape index (κ2) is 7.36. The number of hydrogen-bond donors (Lipinski definition) is 1. The fraction of sp³-hybridized carbons (Fsp3) is 0.750. The molecule has 1 N–H and O–H groups in total. The Labute approximate surface area is 132 Å². The number of amides is 1. The van der Waals surface area contributed by atoms with E-state index in [0.717, 1.165) is 23.7 Å². The molecule has 0 spiro atoms. The molecule has 1 amide bonds. The molecule has 21 heavy (non-hydrogen) atoms. The van der Waals surface area contributed by atoms with Crippen molar-refractivity contribution in [2.45, 2.75) is 52.5 Å². The molecule has 0 bridgehead atoms. The predicted molar refractivity (Wildman–Crippen MR) is 88.0 cm³/mol. The van der Waals surface area contributed by atoms with E-state index in [9.17, 15) is 4.79 Å². The molecule has 118 valence electrons. The first-order valence-electron chi connectivity index (χ1n) is 7.94. The van der Waals surface area contributed by atoms with Crippen LogP contribution in [-0.4, -0.2) is 41.5 Å². The highest BCUT2D eigenvalue weighted by atomic mass is 32.1. The summed E-state index contributed by atoms with van der Waals surface area (Å²) in [5.74, 6) is 0.909. The molecule has 0 aliphatic carbocycles. The standard InChI is InChI=1S/C16H27N3OS/c1-11(2)14-15(21-10-18-14)16(20)17-8-13-6-5-7-19(9-13)12(3)4/h10-13H,5-9H2,1-4H3,(H,17,20). The molecule has 1 fully saturated rings. The van der Waals surface area contributed by atoms with Crippen molar-refractivity contribution in [2.75, 3.05) is 19.6 Å². The summed E-state index contributed by atoms with van der Waals surface area (Å²) in [6.45, 7) is 11.7. The van der Waals surface area contributed by atoms with Crippen LogP contribution < -0.4 is 5.32 Å². The molecule has 1 aliphatic heterocycles. The van der Waals surface area contributed by atoms with Gasteiger partial charge in [0.1, 0.15) is 4.88 Å². The largest absolute Gasteiger partial charge is 0.351 e. The summed E-state index contributed by atoms with van der Waals surface area (Å²) in [7, 11) is 0. The number of thiazole rings is 1. The highest BCUT2D eigenvalue weighted by Crippen LogP contribution is 2.22. The van der Waals surface area contributed by atoms with Crippen LogP contribution in [0.5, 0.6) is 0 Å². The van der Waals surface area contributed by atoms with Gasteiger partial charge in [-0.05, 0) is 45.1 Å². The van der Waals surface area contributed by atoms with Gasteiger partial charge in [0.2, 0.25) is 0 Å². The van der Waals surface area contributed by atoms with E-state index in [1.54, 1.807) is 5.51 Å². The van der Waals surface area contributed by atoms with Gasteiger partial charge in [-0.2, -0.15) is 0 Å². The lowest BCUT2D eigenvalue weighted by molar-refractivity contribution is 0.0925. The molecule has 1 aromatic heterocycles. The minimum Gasteiger partial charge on any atom is -0.351 e. The van der Waals surface area contributed by atoms with Crippen LogP contribution in [0.2, 0.25) is 0 Å². The Balaban J connectivity index is 1.87. The highest BCUT2D eigenvalue weighted by molar-refractivity contribution is 7.11. The van der Waals surface area contributed by atoms with Gasteiger partial charge in [0.25, 0.3) is 5.91 Å². The summed E-state index contributed by atoms with van der Waals surface area (Å²) in [6.07, 6.45) is 2.44. The summed E-state index contributed by atoms with van der Waals surface area (Å²) >= 11 is 1.44. The van der Waals surface area contributed by atoms with Gasteiger partial charge in [-0.15, -0.1) is 11.3 Å². The Bertz CT molecular complexity index is 470. The van der Waals surface area contributed by atoms with Crippen LogP contribution in [0.15, 0.2) is 5.51 Å². The topological polar surface area (TPSA) is 45.2 Å². The average Bonchev–Trinajstić information content (AvgIpc) is 2.94. The maximum Gasteiger partial charge on any atom is 0.263 e. The molecular formula is C16H27N3OS. The van der Waals surface area contributed by atoms with E-state index < -0.39 is 0 Å². The van der Waals surface area contributed by atoms with E-state index in [2.05, 4.69) is 42.9 Å². The van der Waals surface area contributed by atoms with Gasteiger partial charge in [-0.1, -0.05) is 13.8 Å². The molecule has 2 rings (SSSR count). The Morgan fingerprint density at radius 1 is 1.48 bits per heavy atom. The van der Waals surface area contributed by atoms with Gasteiger partial charge in [0.15, 0.2) is 0 Å². The molecule has 0 aromatic carbocycles. The van der Waals surface area contributed by atoms with Crippen molar-refractivity contribution in [3.05, 3.63) is 16.1 Å². The molecule has 1 saturated heterocycles. The number of carbonyl (C=O) groups excluding carboxylic acids is 1. The molecule has 5 heteroatoms. The van der Waals surface area contributed by atoms with Gasteiger partial charge in [-0.25, -0.2) is 4.98 Å². The summed E-state index contributed by atoms with van der Waals surface area (Å²) in [4.78, 5) is 19.9. The van der Waals surface area contributed by atoms with Crippen LogP contribution in [-0.2, 0) is 0 Å². The molecule has 0 radical (unpaired) electrons. The maximum absolute atomic E-state index is 12.3. The van der Waals surface area contributed by atoms with Gasteiger partial charge in [-0.3, -0.25) is 4.79 Å². The summed E-state index contributed by atoms with van der Waals surface area (Å²) in [5.41, 5.74) is 2.69. The third-order valence-electron chi connectivity index (χ3n) is 4.18. The van der Waals surface area contributed by atoms with Crippen LogP contribution in [0.25, 0.3) is 0 Å². The maximum atomic E-state index is 12.3. The zero-order chi connectivity index (χ0) is 15.4. The lowest BCUT2D eigenvalue weighted by Gasteiger charge is -2.35. The Morgan fingerprint density at radius 3 is 2.90 bits per heavy atom. The first-order chi connectivity index (χ1) is 9.99. The van der Waals surface area contributed by atoms with Crippen molar-refractivity contribution >= 4 is 17.2 Å². The minimum absolute atomic E-state index is 0.0443. The summed E-state index contributed by atoms with van der Waals surface area (Å²) in [6, 6.07) is 0.595. The van der Waals surface area contributed by atoms with Gasteiger partial charge in [0.05, 0.1) is 11.2 Å². The monoisotopic (exact) mass is 309 g/mol. The van der Waals surface area contributed by atoms with Crippen molar-refractivity contribution in [3.8, 4) is 0 Å². The molecule has 2 heterocycles. The van der Waals surface area contributed by atoms with Gasteiger partial charge in [0, 0.05) is 19.1 Å². The smallest absolute Gasteiger partial charge is 0.263 e. The Hall–Kier alpha value is -0.940. The van der Waals surface area contributed by atoms with E-state index in [1.165, 1.54) is 30.7 Å². The first-order valence-corrected chi connectivity index (χ1v) is 8.82. The molecule has 1 aromatic rings. The molecular weight excluding hydrogens is 282 g/mol. The van der Waals surface area contributed by atoms with Crippen LogP contribution in [0.3, 0.4) is 0 Å². The summed E-state index contributed by atoms with van der Waals surface area (Å²) < 4.78 is 0. The van der Waals surface area contributed by atoms with Crippen molar-refractivity contribution < 1.29 is 4.79 Å². The number of rotatable bonds is 5. The third kappa shape index (κ3) is 4.27. The number of nitrogens with zero attached hydrogens (tertiary/aromatic N) is 2. The molecule has 0 saturated carbocycles. The van der Waals surface area contributed by atoms with Crippen LogP contribution in [0, 0.1) is 5.92 Å². The molecule has 1 unspecified atom stereocenters. The number of carbonyl (C=O) groups is 1. The lowest BCUT2D eigenvalue weighted by Crippen LogP contribution is -2.43. The van der Waals surface area contributed by atoms with Crippen molar-refractivity contribution in [2.24, 2.45) is 5.92 Å². The van der Waals surface area contributed by atoms with E-state index in [4.69, 9.17) is 0 Å². The third-order valence-corrected chi connectivity index (χ3v) is 5.02. The SMILES string of the molecule is CC(C)c1ncsc1C(=O)NCC1CCCN(C(C)C)C1. The van der Waals surface area contributed by atoms with Crippen LogP contribution in [0.4, 0.5) is 0 Å². The fourth-order valence-electron chi connectivity index (χ4n) is 2.89. The Kier molecular flexibility index (Phi) is 5.76.